The first-order valence-electron chi connectivity index (χ1n) is 8.31. The van der Waals surface area contributed by atoms with Crippen molar-refractivity contribution in [3.05, 3.63) is 64.2 Å². The summed E-state index contributed by atoms with van der Waals surface area (Å²) in [5, 5.41) is 17.0. The first-order chi connectivity index (χ1) is 11.6. The van der Waals surface area contributed by atoms with Gasteiger partial charge in [0.1, 0.15) is 5.69 Å². The van der Waals surface area contributed by atoms with Crippen LogP contribution in [0.5, 0.6) is 0 Å². The third kappa shape index (κ3) is 3.65. The second kappa shape index (κ2) is 7.31. The Labute approximate surface area is 141 Å². The molecule has 0 saturated carbocycles. The van der Waals surface area contributed by atoms with Gasteiger partial charge >= 0.3 is 0 Å². The van der Waals surface area contributed by atoms with Crippen molar-refractivity contribution < 1.29 is 10.2 Å². The molecule has 2 aromatic rings. The minimum atomic E-state index is -0.326. The average molecular weight is 327 g/mol. The highest BCUT2D eigenvalue weighted by atomic mass is 16.6. The minimum Gasteiger partial charge on any atom is -0.373 e. The summed E-state index contributed by atoms with van der Waals surface area (Å²) in [4.78, 5) is 13.3. The Hall–Kier alpha value is -2.60. The molecular formula is C18H23N4O2+. The van der Waals surface area contributed by atoms with Gasteiger partial charge < -0.3 is 15.5 Å². The van der Waals surface area contributed by atoms with Gasteiger partial charge in [0.15, 0.2) is 0 Å². The van der Waals surface area contributed by atoms with E-state index in [4.69, 9.17) is 0 Å². The van der Waals surface area contributed by atoms with Gasteiger partial charge in [0.2, 0.25) is 0 Å². The third-order valence-corrected chi connectivity index (χ3v) is 4.42. The highest BCUT2D eigenvalue weighted by Gasteiger charge is 2.20. The maximum Gasteiger partial charge on any atom is 0.292 e. The summed E-state index contributed by atoms with van der Waals surface area (Å²) in [6.45, 7) is 6.05. The van der Waals surface area contributed by atoms with E-state index in [9.17, 15) is 10.1 Å². The fraction of sp³-hybridized carbons (Fsp3) is 0.333. The first-order valence-corrected chi connectivity index (χ1v) is 8.31. The van der Waals surface area contributed by atoms with Crippen molar-refractivity contribution in [1.82, 2.24) is 0 Å². The molecule has 0 unspecified atom stereocenters. The summed E-state index contributed by atoms with van der Waals surface area (Å²) >= 11 is 0. The maximum absolute atomic E-state index is 11.4. The number of hydrogen-bond acceptors (Lipinski definition) is 4. The Bertz CT molecular complexity index is 699. The fourth-order valence-corrected chi connectivity index (χ4v) is 3.06. The summed E-state index contributed by atoms with van der Waals surface area (Å²) in [6.07, 6.45) is 0. The normalized spacial score (nSPS) is 15.8. The molecule has 0 aliphatic carbocycles. The van der Waals surface area contributed by atoms with Crippen LogP contribution in [-0.4, -0.2) is 31.1 Å². The largest absolute Gasteiger partial charge is 0.373 e. The lowest BCUT2D eigenvalue weighted by molar-refractivity contribution is -0.655. The number of nitrogens with zero attached hydrogens (tertiary/aromatic N) is 2. The summed E-state index contributed by atoms with van der Waals surface area (Å²) in [6, 6.07) is 15.3. The number of nitrogens with one attached hydrogen (secondary N) is 1. The van der Waals surface area contributed by atoms with E-state index in [0.29, 0.717) is 5.69 Å². The van der Waals surface area contributed by atoms with Gasteiger partial charge in [-0.1, -0.05) is 30.3 Å². The molecule has 24 heavy (non-hydrogen) atoms. The van der Waals surface area contributed by atoms with Crippen molar-refractivity contribution in [2.45, 2.75) is 13.0 Å². The predicted molar refractivity (Wildman–Crippen MR) is 95.4 cm³/mol. The zero-order valence-corrected chi connectivity index (χ0v) is 13.8. The third-order valence-electron chi connectivity index (χ3n) is 4.42. The van der Waals surface area contributed by atoms with E-state index in [1.165, 1.54) is 0 Å². The molecule has 2 aromatic carbocycles. The van der Waals surface area contributed by atoms with Crippen molar-refractivity contribution in [2.75, 3.05) is 36.4 Å². The standard InChI is InChI=1S/C18H22N4O2/c1-14(15-5-3-2-4-6-15)20-17-13-16(7-8-18(17)22(23)24)21-11-9-19-10-12-21/h2-8,13-14,19-20H,9-12H2,1H3/p+1/t14-/m1/s1. The summed E-state index contributed by atoms with van der Waals surface area (Å²) in [5.74, 6) is 0. The predicted octanol–water partition coefficient (Wildman–Crippen LogP) is 2.15. The molecule has 1 atom stereocenters. The SMILES string of the molecule is C[C@@H](Nc1cc(N2CC[NH2+]CC2)ccc1[N+](=O)[O-])c1ccccc1. The van der Waals surface area contributed by atoms with Crippen LogP contribution in [0.2, 0.25) is 0 Å². The number of quaternary nitrogens is 1. The zero-order valence-electron chi connectivity index (χ0n) is 13.8. The molecule has 6 nitrogen and oxygen atoms in total. The fourth-order valence-electron chi connectivity index (χ4n) is 3.06. The van der Waals surface area contributed by atoms with E-state index in [1.807, 2.05) is 49.4 Å². The molecule has 0 amide bonds. The van der Waals surface area contributed by atoms with E-state index < -0.39 is 0 Å². The van der Waals surface area contributed by atoms with E-state index in [-0.39, 0.29) is 16.7 Å². The summed E-state index contributed by atoms with van der Waals surface area (Å²) in [7, 11) is 0. The number of nitro benzene ring substituents is 1. The number of rotatable bonds is 5. The molecule has 1 fully saturated rings. The second-order valence-corrected chi connectivity index (χ2v) is 6.09. The number of piperazine rings is 1. The van der Waals surface area contributed by atoms with Crippen molar-refractivity contribution in [2.24, 2.45) is 0 Å². The smallest absolute Gasteiger partial charge is 0.292 e. The molecule has 1 aliphatic rings. The molecule has 1 heterocycles. The molecular weight excluding hydrogens is 304 g/mol. The Morgan fingerprint density at radius 3 is 2.54 bits per heavy atom. The van der Waals surface area contributed by atoms with Crippen LogP contribution in [0.15, 0.2) is 48.5 Å². The number of nitro groups is 1. The number of benzene rings is 2. The van der Waals surface area contributed by atoms with Crippen LogP contribution >= 0.6 is 0 Å². The molecule has 126 valence electrons. The Morgan fingerprint density at radius 2 is 1.88 bits per heavy atom. The average Bonchev–Trinajstić information content (AvgIpc) is 2.63. The van der Waals surface area contributed by atoms with Gasteiger partial charge in [0, 0.05) is 17.8 Å². The molecule has 0 bridgehead atoms. The number of hydrogen-bond donors (Lipinski definition) is 2. The number of nitrogens with two attached hydrogens (primary N) is 1. The Balaban J connectivity index is 1.87. The molecule has 1 aliphatic heterocycles. The zero-order chi connectivity index (χ0) is 16.9. The van der Waals surface area contributed by atoms with Crippen LogP contribution in [0.25, 0.3) is 0 Å². The monoisotopic (exact) mass is 327 g/mol. The molecule has 0 aromatic heterocycles. The van der Waals surface area contributed by atoms with Gasteiger partial charge in [-0.3, -0.25) is 10.1 Å². The highest BCUT2D eigenvalue weighted by Crippen LogP contribution is 2.32. The quantitative estimate of drug-likeness (QED) is 0.652. The van der Waals surface area contributed by atoms with Crippen LogP contribution in [0.4, 0.5) is 17.1 Å². The number of anilines is 2. The topological polar surface area (TPSA) is 75.0 Å². The molecule has 0 spiro atoms. The molecule has 3 N–H and O–H groups in total. The molecule has 0 radical (unpaired) electrons. The van der Waals surface area contributed by atoms with E-state index in [2.05, 4.69) is 15.5 Å². The van der Waals surface area contributed by atoms with Gasteiger partial charge in [-0.2, -0.15) is 0 Å². The van der Waals surface area contributed by atoms with Crippen molar-refractivity contribution in [3.8, 4) is 0 Å². The van der Waals surface area contributed by atoms with Crippen LogP contribution in [0.3, 0.4) is 0 Å². The lowest BCUT2D eigenvalue weighted by Gasteiger charge is -2.28. The van der Waals surface area contributed by atoms with Crippen LogP contribution < -0.4 is 15.5 Å². The minimum absolute atomic E-state index is 0.00478. The van der Waals surface area contributed by atoms with Gasteiger partial charge in [-0.05, 0) is 24.6 Å². The van der Waals surface area contributed by atoms with Crippen molar-refractivity contribution >= 4 is 17.1 Å². The van der Waals surface area contributed by atoms with Crippen molar-refractivity contribution in [1.29, 1.82) is 0 Å². The Kier molecular flexibility index (Phi) is 4.96. The maximum atomic E-state index is 11.4. The van der Waals surface area contributed by atoms with E-state index in [1.54, 1.807) is 6.07 Å². The second-order valence-electron chi connectivity index (χ2n) is 6.09. The molecule has 1 saturated heterocycles. The Morgan fingerprint density at radius 1 is 1.17 bits per heavy atom. The first kappa shape index (κ1) is 16.3. The van der Waals surface area contributed by atoms with Gasteiger partial charge in [0.25, 0.3) is 5.69 Å². The van der Waals surface area contributed by atoms with Gasteiger partial charge in [-0.15, -0.1) is 0 Å². The van der Waals surface area contributed by atoms with Crippen LogP contribution in [0.1, 0.15) is 18.5 Å². The van der Waals surface area contributed by atoms with E-state index in [0.717, 1.165) is 37.4 Å². The van der Waals surface area contributed by atoms with E-state index >= 15 is 0 Å². The lowest BCUT2D eigenvalue weighted by atomic mass is 10.1. The lowest BCUT2D eigenvalue weighted by Crippen LogP contribution is -2.89. The van der Waals surface area contributed by atoms with Gasteiger partial charge in [-0.25, -0.2) is 0 Å². The van der Waals surface area contributed by atoms with Crippen LogP contribution in [-0.2, 0) is 0 Å². The summed E-state index contributed by atoms with van der Waals surface area (Å²) in [5.41, 5.74) is 2.83. The highest BCUT2D eigenvalue weighted by molar-refractivity contribution is 5.69. The van der Waals surface area contributed by atoms with Gasteiger partial charge in [0.05, 0.1) is 31.1 Å². The summed E-state index contributed by atoms with van der Waals surface area (Å²) < 4.78 is 0. The molecule has 3 rings (SSSR count). The molecule has 6 heteroatoms. The van der Waals surface area contributed by atoms with Crippen LogP contribution in [0, 0.1) is 10.1 Å². The van der Waals surface area contributed by atoms with Crippen molar-refractivity contribution in [3.63, 3.8) is 0 Å².